The van der Waals surface area contributed by atoms with Gasteiger partial charge < -0.3 is 20.1 Å². The first-order chi connectivity index (χ1) is 22.8. The molecule has 6 aromatic carbocycles. The molecule has 0 aliphatic carbocycles. The lowest BCUT2D eigenvalue weighted by Gasteiger charge is -2.13. The molecule has 0 heterocycles. The summed E-state index contributed by atoms with van der Waals surface area (Å²) < 4.78 is 13.1. The smallest absolute Gasteiger partial charge is 0.228 e. The standard InChI is InChI=1S/C39H32Br2N2O4/c1-46-36-17-7-26-20-28(40)9-15-32(26)34(36)22-38(44)42-30-11-3-24(4-12-30)19-25-5-13-31(14-6-25)43-39(45)23-35-33-16-10-29(41)21-27(33)8-18-37(35)47-2/h3-18,20-21H,19,22-23H2,1-2H3,(H,42,44)(H,43,45). The van der Waals surface area contributed by atoms with Gasteiger partial charge in [0.05, 0.1) is 27.1 Å². The van der Waals surface area contributed by atoms with E-state index < -0.39 is 0 Å². The van der Waals surface area contributed by atoms with E-state index in [-0.39, 0.29) is 24.7 Å². The van der Waals surface area contributed by atoms with Gasteiger partial charge in [-0.15, -0.1) is 0 Å². The number of nitrogens with one attached hydrogen (secondary N) is 2. The largest absolute Gasteiger partial charge is 0.496 e. The second-order valence-electron chi connectivity index (χ2n) is 11.2. The SMILES string of the molecule is COc1ccc2cc(Br)ccc2c1CC(=O)Nc1ccc(Cc2ccc(NC(=O)Cc3c(OC)ccc4cc(Br)ccc34)cc2)cc1. The van der Waals surface area contributed by atoms with Crippen LogP contribution in [0.25, 0.3) is 21.5 Å². The van der Waals surface area contributed by atoms with Crippen molar-refractivity contribution in [3.05, 3.63) is 140 Å². The molecule has 0 saturated carbocycles. The van der Waals surface area contributed by atoms with E-state index in [0.717, 1.165) is 64.1 Å². The number of carbonyl (C=O) groups is 2. The van der Waals surface area contributed by atoms with Crippen LogP contribution in [0.3, 0.4) is 0 Å². The number of amides is 2. The zero-order valence-corrected chi connectivity index (χ0v) is 29.1. The van der Waals surface area contributed by atoms with E-state index >= 15 is 0 Å². The molecule has 0 atom stereocenters. The molecule has 47 heavy (non-hydrogen) atoms. The van der Waals surface area contributed by atoms with Crippen molar-refractivity contribution in [2.75, 3.05) is 24.9 Å². The molecule has 6 aromatic rings. The molecule has 236 valence electrons. The second-order valence-corrected chi connectivity index (χ2v) is 13.1. The molecule has 6 rings (SSSR count). The average Bonchev–Trinajstić information content (AvgIpc) is 3.06. The molecule has 2 amide bonds. The molecule has 0 radical (unpaired) electrons. The number of methoxy groups -OCH3 is 2. The third kappa shape index (κ3) is 7.67. The van der Waals surface area contributed by atoms with Crippen molar-refractivity contribution in [3.8, 4) is 11.5 Å². The maximum Gasteiger partial charge on any atom is 0.228 e. The Bertz CT molecular complexity index is 1940. The van der Waals surface area contributed by atoms with Crippen LogP contribution in [0.2, 0.25) is 0 Å². The first-order valence-electron chi connectivity index (χ1n) is 15.1. The predicted molar refractivity (Wildman–Crippen MR) is 197 cm³/mol. The summed E-state index contributed by atoms with van der Waals surface area (Å²) in [6.45, 7) is 0. The molecule has 0 spiro atoms. The zero-order valence-electron chi connectivity index (χ0n) is 25.9. The lowest BCUT2D eigenvalue weighted by molar-refractivity contribution is -0.116. The van der Waals surface area contributed by atoms with Crippen molar-refractivity contribution in [1.29, 1.82) is 0 Å². The van der Waals surface area contributed by atoms with Crippen molar-refractivity contribution in [3.63, 3.8) is 0 Å². The molecule has 8 heteroatoms. The summed E-state index contributed by atoms with van der Waals surface area (Å²) >= 11 is 7.03. The Morgan fingerprint density at radius 3 is 1.34 bits per heavy atom. The van der Waals surface area contributed by atoms with Crippen LogP contribution >= 0.6 is 31.9 Å². The summed E-state index contributed by atoms with van der Waals surface area (Å²) in [6.07, 6.45) is 1.11. The van der Waals surface area contributed by atoms with Crippen LogP contribution in [-0.2, 0) is 28.9 Å². The van der Waals surface area contributed by atoms with Crippen LogP contribution in [0.4, 0.5) is 11.4 Å². The maximum absolute atomic E-state index is 13.0. The van der Waals surface area contributed by atoms with Gasteiger partial charge in [0, 0.05) is 31.4 Å². The van der Waals surface area contributed by atoms with E-state index in [1.807, 2.05) is 109 Å². The normalized spacial score (nSPS) is 11.0. The number of hydrogen-bond donors (Lipinski definition) is 2. The minimum absolute atomic E-state index is 0.115. The minimum atomic E-state index is -0.115. The van der Waals surface area contributed by atoms with Gasteiger partial charge in [-0.2, -0.15) is 0 Å². The van der Waals surface area contributed by atoms with Crippen LogP contribution < -0.4 is 20.1 Å². The molecular weight excluding hydrogens is 720 g/mol. The fourth-order valence-electron chi connectivity index (χ4n) is 5.82. The van der Waals surface area contributed by atoms with Crippen LogP contribution in [-0.4, -0.2) is 26.0 Å². The Kier molecular flexibility index (Phi) is 9.90. The van der Waals surface area contributed by atoms with Crippen LogP contribution in [0.15, 0.2) is 118 Å². The second kappa shape index (κ2) is 14.4. The number of rotatable bonds is 10. The molecule has 2 N–H and O–H groups in total. The number of benzene rings is 6. The number of anilines is 2. The lowest BCUT2D eigenvalue weighted by Crippen LogP contribution is -2.15. The topological polar surface area (TPSA) is 76.7 Å². The lowest BCUT2D eigenvalue weighted by atomic mass is 10.0. The summed E-state index contributed by atoms with van der Waals surface area (Å²) in [5.41, 5.74) is 5.39. The molecule has 0 fully saturated rings. The van der Waals surface area contributed by atoms with Crippen LogP contribution in [0.5, 0.6) is 11.5 Å². The molecule has 0 aromatic heterocycles. The Hall–Kier alpha value is -4.66. The summed E-state index contributed by atoms with van der Waals surface area (Å²) in [5, 5.41) is 10.1. The Morgan fingerprint density at radius 1 is 0.553 bits per heavy atom. The van der Waals surface area contributed by atoms with Gasteiger partial charge in [0.25, 0.3) is 0 Å². The third-order valence-electron chi connectivity index (χ3n) is 8.10. The summed E-state index contributed by atoms with van der Waals surface area (Å²) in [7, 11) is 3.24. The summed E-state index contributed by atoms with van der Waals surface area (Å²) in [6, 6.07) is 35.5. The molecule has 0 aliphatic rings. The van der Waals surface area contributed by atoms with Crippen molar-refractivity contribution in [1.82, 2.24) is 0 Å². The van der Waals surface area contributed by atoms with E-state index in [0.29, 0.717) is 17.9 Å². The maximum atomic E-state index is 13.0. The summed E-state index contributed by atoms with van der Waals surface area (Å²) in [4.78, 5) is 26.1. The number of carbonyl (C=O) groups excluding carboxylic acids is 2. The van der Waals surface area contributed by atoms with Crippen molar-refractivity contribution in [2.45, 2.75) is 19.3 Å². The molecule has 0 bridgehead atoms. The van der Waals surface area contributed by atoms with Crippen molar-refractivity contribution < 1.29 is 19.1 Å². The fourth-order valence-corrected chi connectivity index (χ4v) is 6.57. The quantitative estimate of drug-likeness (QED) is 0.146. The number of hydrogen-bond acceptors (Lipinski definition) is 4. The highest BCUT2D eigenvalue weighted by Gasteiger charge is 2.15. The van der Waals surface area contributed by atoms with Gasteiger partial charge in [0.1, 0.15) is 11.5 Å². The number of halogens is 2. The van der Waals surface area contributed by atoms with E-state index in [4.69, 9.17) is 9.47 Å². The fraction of sp³-hybridized carbons (Fsp3) is 0.128. The van der Waals surface area contributed by atoms with Crippen molar-refractivity contribution >= 4 is 76.6 Å². The van der Waals surface area contributed by atoms with Gasteiger partial charge in [-0.05, 0) is 99.8 Å². The average molecular weight is 753 g/mol. The van der Waals surface area contributed by atoms with Crippen LogP contribution in [0, 0.1) is 0 Å². The highest BCUT2D eigenvalue weighted by Crippen LogP contribution is 2.32. The molecule has 0 aliphatic heterocycles. The van der Waals surface area contributed by atoms with E-state index in [1.54, 1.807) is 14.2 Å². The first-order valence-corrected chi connectivity index (χ1v) is 16.7. The first kappa shape index (κ1) is 32.3. The van der Waals surface area contributed by atoms with Gasteiger partial charge in [-0.3, -0.25) is 9.59 Å². The minimum Gasteiger partial charge on any atom is -0.496 e. The molecule has 0 saturated heterocycles. The van der Waals surface area contributed by atoms with E-state index in [2.05, 4.69) is 42.5 Å². The van der Waals surface area contributed by atoms with Gasteiger partial charge in [-0.1, -0.05) is 80.4 Å². The highest BCUT2D eigenvalue weighted by molar-refractivity contribution is 9.10. The van der Waals surface area contributed by atoms with E-state index in [9.17, 15) is 9.59 Å². The van der Waals surface area contributed by atoms with Gasteiger partial charge in [0.2, 0.25) is 11.8 Å². The van der Waals surface area contributed by atoms with E-state index in [1.165, 1.54) is 0 Å². The highest BCUT2D eigenvalue weighted by atomic mass is 79.9. The predicted octanol–water partition coefficient (Wildman–Crippen LogP) is 9.49. The van der Waals surface area contributed by atoms with Gasteiger partial charge in [-0.25, -0.2) is 0 Å². The number of ether oxygens (including phenoxy) is 2. The van der Waals surface area contributed by atoms with Gasteiger partial charge >= 0.3 is 0 Å². The van der Waals surface area contributed by atoms with Gasteiger partial charge in [0.15, 0.2) is 0 Å². The molecule has 6 nitrogen and oxygen atoms in total. The Labute approximate surface area is 290 Å². The Morgan fingerprint density at radius 2 is 0.957 bits per heavy atom. The zero-order chi connectivity index (χ0) is 32.9. The third-order valence-corrected chi connectivity index (χ3v) is 9.09. The molecular formula is C39H32Br2N2O4. The number of fused-ring (bicyclic) bond motifs is 2. The van der Waals surface area contributed by atoms with Crippen molar-refractivity contribution in [2.24, 2.45) is 0 Å². The monoisotopic (exact) mass is 750 g/mol. The Balaban J connectivity index is 1.06. The summed E-state index contributed by atoms with van der Waals surface area (Å²) in [5.74, 6) is 1.15. The van der Waals surface area contributed by atoms with Crippen LogP contribution in [0.1, 0.15) is 22.3 Å². The molecule has 0 unspecified atom stereocenters.